The highest BCUT2D eigenvalue weighted by atomic mass is 32.2. The summed E-state index contributed by atoms with van der Waals surface area (Å²) >= 11 is 0. The second kappa shape index (κ2) is 5.81. The highest BCUT2D eigenvalue weighted by Gasteiger charge is 2.18. The molecule has 3 rings (SSSR count). The maximum absolute atomic E-state index is 13.2. The molecule has 0 fully saturated rings. The van der Waals surface area contributed by atoms with Gasteiger partial charge in [-0.25, -0.2) is 22.5 Å². The molecule has 0 atom stereocenters. The molecule has 5 nitrogen and oxygen atoms in total. The number of nitrogens with one attached hydrogen (secondary N) is 2. The molecule has 0 radical (unpaired) electrons. The predicted molar refractivity (Wildman–Crippen MR) is 80.4 cm³/mol. The van der Waals surface area contributed by atoms with Crippen LogP contribution in [-0.2, 0) is 29.4 Å². The van der Waals surface area contributed by atoms with E-state index >= 15 is 0 Å². The molecular weight excluding hydrogens is 305 g/mol. The lowest BCUT2D eigenvalue weighted by Crippen LogP contribution is -2.24. The third-order valence-corrected chi connectivity index (χ3v) is 5.27. The number of hydrogen-bond acceptors (Lipinski definition) is 3. The summed E-state index contributed by atoms with van der Waals surface area (Å²) in [6.45, 7) is 1.64. The van der Waals surface area contributed by atoms with Gasteiger partial charge in [-0.2, -0.15) is 0 Å². The summed E-state index contributed by atoms with van der Waals surface area (Å²) in [5.41, 5.74) is 2.45. The predicted octanol–water partition coefficient (Wildman–Crippen LogP) is 2.21. The average Bonchev–Trinajstić information content (AvgIpc) is 2.91. The fraction of sp³-hybridized carbons (Fsp3) is 0.400. The van der Waals surface area contributed by atoms with Crippen molar-refractivity contribution >= 4 is 10.0 Å². The van der Waals surface area contributed by atoms with E-state index in [1.165, 1.54) is 19.1 Å². The topological polar surface area (TPSA) is 74.8 Å². The monoisotopic (exact) mass is 323 g/mol. The number of nitrogens with zero attached hydrogens (tertiary/aromatic N) is 1. The van der Waals surface area contributed by atoms with Crippen LogP contribution in [0.5, 0.6) is 0 Å². The van der Waals surface area contributed by atoms with Gasteiger partial charge in [0.1, 0.15) is 11.6 Å². The highest BCUT2D eigenvalue weighted by molar-refractivity contribution is 7.89. The minimum Gasteiger partial charge on any atom is -0.345 e. The van der Waals surface area contributed by atoms with Crippen LogP contribution >= 0.6 is 0 Å². The molecule has 22 heavy (non-hydrogen) atoms. The zero-order chi connectivity index (χ0) is 15.7. The molecule has 0 bridgehead atoms. The molecule has 1 aromatic heterocycles. The van der Waals surface area contributed by atoms with Crippen LogP contribution in [0, 0.1) is 12.7 Å². The SMILES string of the molecule is Cc1cc(S(=O)(=O)NCc2nc3c([nH]2)CCCC3)ccc1F. The van der Waals surface area contributed by atoms with Gasteiger partial charge in [-0.1, -0.05) is 0 Å². The zero-order valence-electron chi connectivity index (χ0n) is 12.3. The van der Waals surface area contributed by atoms with Gasteiger partial charge in [-0.15, -0.1) is 0 Å². The van der Waals surface area contributed by atoms with E-state index in [0.717, 1.165) is 43.1 Å². The van der Waals surface area contributed by atoms with E-state index in [4.69, 9.17) is 0 Å². The summed E-state index contributed by atoms with van der Waals surface area (Å²) in [6, 6.07) is 3.75. The van der Waals surface area contributed by atoms with Crippen molar-refractivity contribution in [3.8, 4) is 0 Å². The molecule has 1 aliphatic carbocycles. The van der Waals surface area contributed by atoms with Crippen molar-refractivity contribution in [3.05, 3.63) is 46.8 Å². The van der Waals surface area contributed by atoms with Crippen molar-refractivity contribution in [3.63, 3.8) is 0 Å². The minimum atomic E-state index is -3.68. The molecule has 1 aliphatic rings. The summed E-state index contributed by atoms with van der Waals surface area (Å²) in [7, 11) is -3.68. The van der Waals surface area contributed by atoms with Gasteiger partial charge in [0.2, 0.25) is 10.0 Å². The normalized spacial score (nSPS) is 14.8. The molecule has 0 spiro atoms. The lowest BCUT2D eigenvalue weighted by molar-refractivity contribution is 0.578. The van der Waals surface area contributed by atoms with E-state index in [-0.39, 0.29) is 11.4 Å². The molecule has 2 aromatic rings. The molecule has 0 saturated heterocycles. The number of halogens is 1. The van der Waals surface area contributed by atoms with Crippen molar-refractivity contribution in [2.75, 3.05) is 0 Å². The first-order valence-corrected chi connectivity index (χ1v) is 8.76. The second-order valence-electron chi connectivity index (χ2n) is 5.55. The van der Waals surface area contributed by atoms with E-state index < -0.39 is 15.8 Å². The van der Waals surface area contributed by atoms with Crippen LogP contribution in [0.1, 0.15) is 35.6 Å². The second-order valence-corrected chi connectivity index (χ2v) is 7.32. The first kappa shape index (κ1) is 15.2. The number of sulfonamides is 1. The Kier molecular flexibility index (Phi) is 4.01. The van der Waals surface area contributed by atoms with Gasteiger partial charge < -0.3 is 4.98 Å². The van der Waals surface area contributed by atoms with Crippen LogP contribution in [0.15, 0.2) is 23.1 Å². The van der Waals surface area contributed by atoms with Gasteiger partial charge in [0.05, 0.1) is 17.1 Å². The Morgan fingerprint density at radius 2 is 2.09 bits per heavy atom. The molecule has 1 aromatic carbocycles. The Bertz CT molecular complexity index is 776. The van der Waals surface area contributed by atoms with E-state index in [1.807, 2.05) is 0 Å². The Morgan fingerprint density at radius 1 is 1.32 bits per heavy atom. The number of H-pyrrole nitrogens is 1. The zero-order valence-corrected chi connectivity index (χ0v) is 13.1. The minimum absolute atomic E-state index is 0.0581. The smallest absolute Gasteiger partial charge is 0.240 e. The van der Waals surface area contributed by atoms with Crippen molar-refractivity contribution in [2.24, 2.45) is 0 Å². The van der Waals surface area contributed by atoms with Crippen LogP contribution in [0.3, 0.4) is 0 Å². The number of aromatic amines is 1. The van der Waals surface area contributed by atoms with Gasteiger partial charge in [0.25, 0.3) is 0 Å². The first-order valence-electron chi connectivity index (χ1n) is 7.28. The molecular formula is C15H18FN3O2S. The van der Waals surface area contributed by atoms with E-state index in [1.54, 1.807) is 0 Å². The molecule has 0 amide bonds. The third-order valence-electron chi connectivity index (χ3n) is 3.87. The number of aryl methyl sites for hydroxylation is 3. The third kappa shape index (κ3) is 3.05. The lowest BCUT2D eigenvalue weighted by atomic mass is 10.0. The summed E-state index contributed by atoms with van der Waals surface area (Å²) < 4.78 is 40.2. The summed E-state index contributed by atoms with van der Waals surface area (Å²) in [5.74, 6) is 0.201. The fourth-order valence-corrected chi connectivity index (χ4v) is 3.70. The van der Waals surface area contributed by atoms with Gasteiger partial charge in [0.15, 0.2) is 0 Å². The van der Waals surface area contributed by atoms with Crippen molar-refractivity contribution in [2.45, 2.75) is 44.0 Å². The Morgan fingerprint density at radius 3 is 2.82 bits per heavy atom. The number of fused-ring (bicyclic) bond motifs is 1. The average molecular weight is 323 g/mol. The van der Waals surface area contributed by atoms with E-state index in [0.29, 0.717) is 11.4 Å². The van der Waals surface area contributed by atoms with E-state index in [9.17, 15) is 12.8 Å². The molecule has 2 N–H and O–H groups in total. The molecule has 118 valence electrons. The highest BCUT2D eigenvalue weighted by Crippen LogP contribution is 2.19. The Hall–Kier alpha value is -1.73. The molecule has 0 saturated carbocycles. The number of imidazole rings is 1. The van der Waals surface area contributed by atoms with Crippen LogP contribution in [-0.4, -0.2) is 18.4 Å². The Balaban J connectivity index is 1.74. The number of hydrogen-bond donors (Lipinski definition) is 2. The quantitative estimate of drug-likeness (QED) is 0.906. The van der Waals surface area contributed by atoms with Gasteiger partial charge in [0, 0.05) is 5.69 Å². The summed E-state index contributed by atoms with van der Waals surface area (Å²) in [6.07, 6.45) is 4.16. The maximum atomic E-state index is 13.2. The summed E-state index contributed by atoms with van der Waals surface area (Å²) in [5, 5.41) is 0. The van der Waals surface area contributed by atoms with Crippen molar-refractivity contribution in [1.29, 1.82) is 0 Å². The van der Waals surface area contributed by atoms with Crippen LogP contribution in [0.2, 0.25) is 0 Å². The van der Waals surface area contributed by atoms with Crippen molar-refractivity contribution in [1.82, 2.24) is 14.7 Å². The van der Waals surface area contributed by atoms with Gasteiger partial charge >= 0.3 is 0 Å². The standard InChI is InChI=1S/C15H18FN3O2S/c1-10-8-11(6-7-12(10)16)22(20,21)17-9-15-18-13-4-2-3-5-14(13)19-15/h6-8,17H,2-5,9H2,1H3,(H,18,19). The lowest BCUT2D eigenvalue weighted by Gasteiger charge is -2.07. The number of rotatable bonds is 4. The van der Waals surface area contributed by atoms with Crippen molar-refractivity contribution < 1.29 is 12.8 Å². The van der Waals surface area contributed by atoms with Crippen LogP contribution in [0.25, 0.3) is 0 Å². The Labute approximate surface area is 129 Å². The molecule has 0 unspecified atom stereocenters. The number of aromatic nitrogens is 2. The van der Waals surface area contributed by atoms with Gasteiger partial charge in [-0.3, -0.25) is 0 Å². The number of benzene rings is 1. The van der Waals surface area contributed by atoms with Gasteiger partial charge in [-0.05, 0) is 56.4 Å². The molecule has 1 heterocycles. The van der Waals surface area contributed by atoms with Crippen LogP contribution < -0.4 is 4.72 Å². The van der Waals surface area contributed by atoms with Crippen LogP contribution in [0.4, 0.5) is 4.39 Å². The molecule has 7 heteroatoms. The largest absolute Gasteiger partial charge is 0.345 e. The fourth-order valence-electron chi connectivity index (χ4n) is 2.63. The summed E-state index contributed by atoms with van der Waals surface area (Å²) in [4.78, 5) is 7.67. The maximum Gasteiger partial charge on any atom is 0.240 e. The van der Waals surface area contributed by atoms with E-state index in [2.05, 4.69) is 14.7 Å². The molecule has 0 aliphatic heterocycles. The first-order chi connectivity index (χ1) is 10.5.